The standard InChI is InChI=1S/C50H42P4S2.8CO.2Mn/c1-9-25-41(26-10-1)51(42-27-11-2-12-28-42)49(52(43-29-13-3-14-30-43)44-31-15-4-16-32-44)55-56-50(53(45-33-17-5-18-34-45)46-35-19-6-20-36-46)54(47-37-21-7-22-38-47)48-39-23-8-24-40-48;8*1-2;;/h1-40,51,53H;;;;;;;;;;. The third kappa shape index (κ3) is 23.2. The Kier molecular flexibility index (Phi) is 48.2. The van der Waals surface area contributed by atoms with Gasteiger partial charge in [0.25, 0.3) is 0 Å². The summed E-state index contributed by atoms with van der Waals surface area (Å²) in [5, 5.41) is 11.2. The molecule has 0 aliphatic heterocycles. The first-order chi connectivity index (χ1) is 35.8. The van der Waals surface area contributed by atoms with E-state index in [9.17, 15) is 0 Å². The second-order valence-electron chi connectivity index (χ2n) is 13.0. The van der Waals surface area contributed by atoms with Gasteiger partial charge in [-0.2, -0.15) is 0 Å². The van der Waals surface area contributed by atoms with Crippen LogP contribution >= 0.6 is 52.5 Å². The molecule has 74 heavy (non-hydrogen) atoms. The van der Waals surface area contributed by atoms with Gasteiger partial charge in [0.2, 0.25) is 0 Å². The third-order valence-electron chi connectivity index (χ3n) is 9.34. The van der Waals surface area contributed by atoms with Gasteiger partial charge < -0.3 is 0 Å². The second kappa shape index (κ2) is 48.8. The van der Waals surface area contributed by atoms with Crippen LogP contribution in [0.5, 0.6) is 0 Å². The Morgan fingerprint density at radius 1 is 0.243 bits per heavy atom. The molecule has 0 aliphatic carbocycles. The molecule has 0 aliphatic rings. The van der Waals surface area contributed by atoms with Crippen molar-refractivity contribution in [1.82, 2.24) is 0 Å². The Hall–Kier alpha value is -5.12. The number of benzene rings is 8. The maximum Gasteiger partial charge on any atom is 0.0311 e. The Morgan fingerprint density at radius 3 is 0.527 bits per heavy atom. The molecule has 0 spiro atoms. The predicted molar refractivity (Wildman–Crippen MR) is 296 cm³/mol. The molecule has 0 fully saturated rings. The zero-order valence-corrected chi connectivity index (χ0v) is 46.6. The van der Waals surface area contributed by atoms with E-state index < -0.39 is 30.9 Å². The monoisotopic (exact) mass is 1160 g/mol. The molecule has 8 nitrogen and oxygen atoms in total. The Morgan fingerprint density at radius 2 is 0.378 bits per heavy atom. The van der Waals surface area contributed by atoms with Crippen LogP contribution in [-0.2, 0) is 71.4 Å². The first-order valence-corrected chi connectivity index (χ1v) is 28.2. The van der Waals surface area contributed by atoms with Gasteiger partial charge in [0, 0.05) is 42.9 Å². The number of rotatable bonds is 13. The van der Waals surface area contributed by atoms with Gasteiger partial charge in [-0.25, -0.2) is 0 Å². The van der Waals surface area contributed by atoms with Crippen molar-refractivity contribution in [3.63, 3.8) is 0 Å². The molecule has 368 valence electrons. The third-order valence-corrected chi connectivity index (χ3v) is 27.4. The molecule has 0 heterocycles. The summed E-state index contributed by atoms with van der Waals surface area (Å²) in [7, 11) is -0.492. The van der Waals surface area contributed by atoms with Crippen molar-refractivity contribution in [3.05, 3.63) is 296 Å². The minimum absolute atomic E-state index is 0. The summed E-state index contributed by atoms with van der Waals surface area (Å²) in [4.78, 5) is 0. The van der Waals surface area contributed by atoms with Crippen LogP contribution in [0.15, 0.2) is 243 Å². The van der Waals surface area contributed by atoms with Gasteiger partial charge in [-0.1, -0.05) is 264 Å². The summed E-state index contributed by atoms with van der Waals surface area (Å²) in [6.07, 6.45) is 0. The first kappa shape index (κ1) is 73.1. The molecule has 0 aromatic heterocycles. The molecular formula is C58H42Mn2O8P4S2. The van der Waals surface area contributed by atoms with Crippen molar-refractivity contribution in [1.29, 1.82) is 0 Å². The average molecular weight is 1160 g/mol. The molecule has 0 unspecified atom stereocenters. The van der Waals surface area contributed by atoms with Crippen molar-refractivity contribution in [3.8, 4) is 0 Å². The quantitative estimate of drug-likeness (QED) is 0.0370. The molecule has 2 radical (unpaired) electrons. The van der Waals surface area contributed by atoms with Crippen molar-refractivity contribution in [2.45, 2.75) is 0 Å². The SMILES string of the molecule is [C-]#[O+].[C-]#[O+].[C-]#[O+].[C-]#[O+].[C-]#[O+].[C-]#[O+].[C-]#[O+].[C-]#[O+].[Mn].[Mn].c1ccc(P(C(SSC(P(c2ccccc2)c2ccccc2)=[PH](c2ccccc2)c2ccccc2)=[PH](c2ccccc2)c2ccccc2)c2ccccc2)cc1. The van der Waals surface area contributed by atoms with Gasteiger partial charge in [0.15, 0.2) is 0 Å². The van der Waals surface area contributed by atoms with Gasteiger partial charge in [-0.05, 0) is 73.4 Å². The van der Waals surface area contributed by atoms with Gasteiger partial charge in [0.1, 0.15) is 0 Å². The van der Waals surface area contributed by atoms with Crippen LogP contribution in [0.4, 0.5) is 0 Å². The molecule has 0 bridgehead atoms. The second-order valence-corrected chi connectivity index (χ2v) is 26.4. The molecule has 0 saturated heterocycles. The minimum atomic E-state index is -1.44. The molecule has 8 aromatic rings. The van der Waals surface area contributed by atoms with E-state index in [0.29, 0.717) is 0 Å². The Labute approximate surface area is 467 Å². The van der Waals surface area contributed by atoms with Gasteiger partial charge in [0.05, 0.1) is 0 Å². The van der Waals surface area contributed by atoms with Crippen molar-refractivity contribution in [2.75, 3.05) is 0 Å². The Bertz CT molecular complexity index is 2520. The van der Waals surface area contributed by atoms with Crippen LogP contribution in [0.3, 0.4) is 0 Å². The van der Waals surface area contributed by atoms with E-state index >= 15 is 0 Å². The molecule has 0 saturated carbocycles. The van der Waals surface area contributed by atoms with Crippen LogP contribution in [-0.4, -0.2) is 8.73 Å². The van der Waals surface area contributed by atoms with Crippen molar-refractivity contribution < 1.29 is 71.4 Å². The minimum Gasteiger partial charge on any atom is -0.0622 e. The number of hydrogen-bond acceptors (Lipinski definition) is 2. The first-order valence-electron chi connectivity index (χ1n) is 20.3. The number of hydrogen-bond donors (Lipinski definition) is 0. The van der Waals surface area contributed by atoms with E-state index in [1.807, 2.05) is 0 Å². The molecule has 0 N–H and O–H groups in total. The smallest absolute Gasteiger partial charge is 0.0311 e. The van der Waals surface area contributed by atoms with E-state index in [-0.39, 0.29) is 34.1 Å². The van der Waals surface area contributed by atoms with E-state index in [1.54, 1.807) is 8.73 Å². The summed E-state index contributed by atoms with van der Waals surface area (Å²) >= 11 is 0. The van der Waals surface area contributed by atoms with Gasteiger partial charge in [-0.15, -0.1) is 0 Å². The van der Waals surface area contributed by atoms with Gasteiger partial charge >= 0.3 is 90.4 Å². The summed E-state index contributed by atoms with van der Waals surface area (Å²) in [5.74, 6) is 0. The summed E-state index contributed by atoms with van der Waals surface area (Å²) < 4.78 is 63.1. The Balaban J connectivity index is -0.00000256. The molecule has 8 aromatic carbocycles. The van der Waals surface area contributed by atoms with E-state index in [1.165, 1.54) is 42.4 Å². The summed E-state index contributed by atoms with van der Waals surface area (Å²) in [6.45, 7) is 36.0. The molecule has 0 atom stereocenters. The van der Waals surface area contributed by atoms with Crippen LogP contribution < -0.4 is 42.4 Å². The van der Waals surface area contributed by atoms with Crippen LogP contribution in [0, 0.1) is 53.2 Å². The van der Waals surface area contributed by atoms with E-state index in [2.05, 4.69) is 317 Å². The summed E-state index contributed by atoms with van der Waals surface area (Å²) in [5.41, 5.74) is 0. The van der Waals surface area contributed by atoms with Crippen LogP contribution in [0.1, 0.15) is 0 Å². The topological polar surface area (TPSA) is 159 Å². The fourth-order valence-electron chi connectivity index (χ4n) is 6.78. The zero-order chi connectivity index (χ0) is 53.8. The fourth-order valence-corrected chi connectivity index (χ4v) is 27.7. The largest absolute Gasteiger partial charge is 0.0622 e. The maximum atomic E-state index is 7.50. The molecule has 16 heteroatoms. The van der Waals surface area contributed by atoms with E-state index in [0.717, 1.165) is 0 Å². The normalized spacial score (nSPS) is 8.76. The molecule has 8 rings (SSSR count). The van der Waals surface area contributed by atoms with Gasteiger partial charge in [-0.3, -0.25) is 0 Å². The van der Waals surface area contributed by atoms with Crippen molar-refractivity contribution >= 4 is 104 Å². The molecule has 0 amide bonds. The van der Waals surface area contributed by atoms with E-state index in [4.69, 9.17) is 37.2 Å². The average Bonchev–Trinajstić information content (AvgIpc) is 3.51. The summed E-state index contributed by atoms with van der Waals surface area (Å²) in [6, 6.07) is 90.5. The predicted octanol–water partition coefficient (Wildman–Crippen LogP) is 10.2. The van der Waals surface area contributed by atoms with Crippen LogP contribution in [0.25, 0.3) is 0 Å². The van der Waals surface area contributed by atoms with Crippen molar-refractivity contribution in [2.24, 2.45) is 0 Å². The zero-order valence-electron chi connectivity index (χ0n) is 38.8. The maximum absolute atomic E-state index is 7.50. The molecular weight excluding hydrogens is 1120 g/mol. The van der Waals surface area contributed by atoms with Crippen LogP contribution in [0.2, 0.25) is 0 Å². The fraction of sp³-hybridized carbons (Fsp3) is 0.